The van der Waals surface area contributed by atoms with Crippen LogP contribution in [0.25, 0.3) is 0 Å². The van der Waals surface area contributed by atoms with Gasteiger partial charge in [0.1, 0.15) is 0 Å². The zero-order chi connectivity index (χ0) is 12.1. The number of hydrogen-bond acceptors (Lipinski definition) is 1. The number of rotatable bonds is 4. The van der Waals surface area contributed by atoms with Gasteiger partial charge in [0.2, 0.25) is 0 Å². The van der Waals surface area contributed by atoms with Crippen molar-refractivity contribution in [3.8, 4) is 0 Å². The van der Waals surface area contributed by atoms with Crippen LogP contribution in [0, 0.1) is 5.92 Å². The lowest BCUT2D eigenvalue weighted by Gasteiger charge is -2.37. The van der Waals surface area contributed by atoms with E-state index < -0.39 is 0 Å². The van der Waals surface area contributed by atoms with E-state index in [4.69, 9.17) is 0 Å². The molecule has 0 spiro atoms. The first-order chi connectivity index (χ1) is 8.36. The highest BCUT2D eigenvalue weighted by Gasteiger charge is 2.30. The molecule has 1 saturated carbocycles. The molecule has 1 heteroatoms. The third-order valence-corrected chi connectivity index (χ3v) is 4.37. The van der Waals surface area contributed by atoms with E-state index >= 15 is 0 Å². The molecule has 0 radical (unpaired) electrons. The van der Waals surface area contributed by atoms with Gasteiger partial charge in [-0.1, -0.05) is 50.1 Å². The first kappa shape index (κ1) is 12.6. The molecule has 1 aliphatic rings. The molecule has 1 aromatic rings. The second-order valence-corrected chi connectivity index (χ2v) is 5.27. The van der Waals surface area contributed by atoms with Crippen molar-refractivity contribution in [2.24, 2.45) is 5.92 Å². The van der Waals surface area contributed by atoms with E-state index in [1.807, 2.05) is 0 Å². The molecule has 1 aliphatic carbocycles. The Bertz CT molecular complexity index is 316. The van der Waals surface area contributed by atoms with Gasteiger partial charge in [-0.3, -0.25) is 0 Å². The third-order valence-electron chi connectivity index (χ3n) is 4.37. The summed E-state index contributed by atoms with van der Waals surface area (Å²) < 4.78 is 0. The molecule has 0 saturated heterocycles. The molecule has 0 aromatic heterocycles. The van der Waals surface area contributed by atoms with Gasteiger partial charge in [0.15, 0.2) is 0 Å². The topological polar surface area (TPSA) is 12.0 Å². The molecule has 0 bridgehead atoms. The van der Waals surface area contributed by atoms with Gasteiger partial charge in [0.05, 0.1) is 0 Å². The Kier molecular flexibility index (Phi) is 4.61. The predicted molar refractivity (Wildman–Crippen MR) is 74.3 cm³/mol. The first-order valence-corrected chi connectivity index (χ1v) is 7.09. The van der Waals surface area contributed by atoms with Crippen LogP contribution in [0.15, 0.2) is 30.3 Å². The van der Waals surface area contributed by atoms with Gasteiger partial charge in [-0.25, -0.2) is 0 Å². The van der Waals surface area contributed by atoms with Gasteiger partial charge >= 0.3 is 0 Å². The lowest BCUT2D eigenvalue weighted by Crippen LogP contribution is -2.38. The molecule has 1 fully saturated rings. The van der Waals surface area contributed by atoms with Gasteiger partial charge in [-0.05, 0) is 43.7 Å². The summed E-state index contributed by atoms with van der Waals surface area (Å²) in [5, 5.41) is 3.52. The maximum atomic E-state index is 3.52. The zero-order valence-corrected chi connectivity index (χ0v) is 11.2. The van der Waals surface area contributed by atoms with E-state index in [-0.39, 0.29) is 0 Å². The normalized spacial score (nSPS) is 26.7. The molecule has 1 N–H and O–H groups in total. The van der Waals surface area contributed by atoms with Gasteiger partial charge in [-0.15, -0.1) is 0 Å². The van der Waals surface area contributed by atoms with Crippen LogP contribution in [0.5, 0.6) is 0 Å². The van der Waals surface area contributed by atoms with Crippen molar-refractivity contribution in [1.82, 2.24) is 5.32 Å². The number of benzene rings is 1. The summed E-state index contributed by atoms with van der Waals surface area (Å²) >= 11 is 0. The number of hydrogen-bond donors (Lipinski definition) is 1. The Hall–Kier alpha value is -0.820. The summed E-state index contributed by atoms with van der Waals surface area (Å²) in [4.78, 5) is 0. The Morgan fingerprint density at radius 3 is 2.53 bits per heavy atom. The van der Waals surface area contributed by atoms with Crippen LogP contribution >= 0.6 is 0 Å². The minimum absolute atomic E-state index is 0.681. The Morgan fingerprint density at radius 1 is 1.18 bits per heavy atom. The van der Waals surface area contributed by atoms with Crippen molar-refractivity contribution in [1.29, 1.82) is 0 Å². The lowest BCUT2D eigenvalue weighted by atomic mass is 9.71. The van der Waals surface area contributed by atoms with Gasteiger partial charge in [0.25, 0.3) is 0 Å². The van der Waals surface area contributed by atoms with Gasteiger partial charge in [-0.2, -0.15) is 0 Å². The molecule has 0 heterocycles. The lowest BCUT2D eigenvalue weighted by molar-refractivity contribution is 0.235. The highest BCUT2D eigenvalue weighted by Crippen LogP contribution is 2.40. The first-order valence-electron chi connectivity index (χ1n) is 7.09. The van der Waals surface area contributed by atoms with Crippen LogP contribution in [0.3, 0.4) is 0 Å². The van der Waals surface area contributed by atoms with Crippen molar-refractivity contribution < 1.29 is 0 Å². The largest absolute Gasteiger partial charge is 0.317 e. The second kappa shape index (κ2) is 6.20. The van der Waals surface area contributed by atoms with Crippen LogP contribution in [-0.4, -0.2) is 13.1 Å². The van der Waals surface area contributed by atoms with E-state index in [1.165, 1.54) is 32.1 Å². The van der Waals surface area contributed by atoms with Crippen LogP contribution in [0.1, 0.15) is 50.5 Å². The van der Waals surface area contributed by atoms with E-state index in [9.17, 15) is 0 Å². The summed E-state index contributed by atoms with van der Waals surface area (Å²) in [6, 6.07) is 11.8. The highest BCUT2D eigenvalue weighted by atomic mass is 14.9. The molecule has 0 amide bonds. The van der Waals surface area contributed by atoms with Crippen molar-refractivity contribution in [2.45, 2.75) is 51.0 Å². The molecular weight excluding hydrogens is 206 g/mol. The van der Waals surface area contributed by atoms with Crippen LogP contribution in [-0.2, 0) is 0 Å². The minimum Gasteiger partial charge on any atom is -0.317 e. The fourth-order valence-corrected chi connectivity index (χ4v) is 3.48. The molecule has 3 atom stereocenters. The maximum absolute atomic E-state index is 3.52. The summed E-state index contributed by atoms with van der Waals surface area (Å²) in [5.41, 5.74) is 1.55. The van der Waals surface area contributed by atoms with Gasteiger partial charge in [0, 0.05) is 6.04 Å². The Morgan fingerprint density at radius 2 is 1.88 bits per heavy atom. The summed E-state index contributed by atoms with van der Waals surface area (Å²) in [5.74, 6) is 1.59. The summed E-state index contributed by atoms with van der Waals surface area (Å²) in [7, 11) is 2.12. The number of nitrogens with one attached hydrogen (secondary N) is 1. The van der Waals surface area contributed by atoms with E-state index in [0.717, 1.165) is 11.8 Å². The fourth-order valence-electron chi connectivity index (χ4n) is 3.48. The average molecular weight is 231 g/mol. The van der Waals surface area contributed by atoms with Crippen LogP contribution in [0.2, 0.25) is 0 Å². The summed E-state index contributed by atoms with van der Waals surface area (Å²) in [6.07, 6.45) is 6.80. The smallest absolute Gasteiger partial charge is 0.00955 e. The molecule has 0 aliphatic heterocycles. The van der Waals surface area contributed by atoms with Crippen LogP contribution in [0.4, 0.5) is 0 Å². The second-order valence-electron chi connectivity index (χ2n) is 5.27. The highest BCUT2D eigenvalue weighted by molar-refractivity contribution is 5.21. The Balaban J connectivity index is 2.17. The van der Waals surface area contributed by atoms with E-state index in [2.05, 4.69) is 49.6 Å². The predicted octanol–water partition coefficient (Wildman–Crippen LogP) is 3.96. The molecule has 17 heavy (non-hydrogen) atoms. The van der Waals surface area contributed by atoms with E-state index in [1.54, 1.807) is 5.56 Å². The zero-order valence-electron chi connectivity index (χ0n) is 11.2. The fraction of sp³-hybridized carbons (Fsp3) is 0.625. The maximum Gasteiger partial charge on any atom is 0.00955 e. The van der Waals surface area contributed by atoms with Crippen molar-refractivity contribution >= 4 is 0 Å². The molecule has 1 aromatic carbocycles. The van der Waals surface area contributed by atoms with Crippen molar-refractivity contribution in [3.05, 3.63) is 35.9 Å². The average Bonchev–Trinajstić information content (AvgIpc) is 2.42. The standard InChI is InChI=1S/C16H25N/c1-3-16(17-2)15-12-8-7-11-14(15)13-9-5-4-6-10-13/h4-6,9-10,14-17H,3,7-8,11-12H2,1-2H3. The van der Waals surface area contributed by atoms with Crippen molar-refractivity contribution in [2.75, 3.05) is 7.05 Å². The molecule has 2 rings (SSSR count). The summed E-state index contributed by atoms with van der Waals surface area (Å²) in [6.45, 7) is 2.30. The molecular formula is C16H25N. The third kappa shape index (κ3) is 2.90. The van der Waals surface area contributed by atoms with Gasteiger partial charge < -0.3 is 5.32 Å². The van der Waals surface area contributed by atoms with Crippen molar-refractivity contribution in [3.63, 3.8) is 0 Å². The molecule has 94 valence electrons. The minimum atomic E-state index is 0.681. The SMILES string of the molecule is CCC(NC)C1CCCCC1c1ccccc1. The monoisotopic (exact) mass is 231 g/mol. The Labute approximate surface area is 106 Å². The van der Waals surface area contributed by atoms with E-state index in [0.29, 0.717) is 6.04 Å². The van der Waals surface area contributed by atoms with Crippen LogP contribution < -0.4 is 5.32 Å². The molecule has 3 unspecified atom stereocenters. The molecule has 1 nitrogen and oxygen atoms in total. The quantitative estimate of drug-likeness (QED) is 0.827.